The number of benzene rings is 2. The minimum atomic E-state index is -4.63. The Kier molecular flexibility index (Phi) is 5.16. The Morgan fingerprint density at radius 2 is 1.73 bits per heavy atom. The molecular weight excluding hydrogens is 352 g/mol. The van der Waals surface area contributed by atoms with Crippen LogP contribution in [0.15, 0.2) is 36.4 Å². The lowest BCUT2D eigenvalue weighted by molar-refractivity contribution is -0.137. The van der Waals surface area contributed by atoms with Crippen molar-refractivity contribution in [1.82, 2.24) is 0 Å². The van der Waals surface area contributed by atoms with Gasteiger partial charge in [0.1, 0.15) is 11.4 Å². The number of nitrogen functional groups attached to an aromatic ring is 1. The van der Waals surface area contributed by atoms with Gasteiger partial charge >= 0.3 is 12.3 Å². The fraction of sp³-hybridized carbons (Fsp3) is 0.278. The summed E-state index contributed by atoms with van der Waals surface area (Å²) in [4.78, 5) is 11.8. The summed E-state index contributed by atoms with van der Waals surface area (Å²) < 4.78 is 57.0. The number of alkyl halides is 3. The van der Waals surface area contributed by atoms with Crippen LogP contribution in [0.5, 0.6) is 0 Å². The Hall–Kier alpha value is -2.77. The summed E-state index contributed by atoms with van der Waals surface area (Å²) in [6, 6.07) is 6.48. The van der Waals surface area contributed by atoms with Crippen LogP contribution in [-0.2, 0) is 10.9 Å². The molecule has 0 heterocycles. The number of carbonyl (C=O) groups is 1. The van der Waals surface area contributed by atoms with Crippen LogP contribution in [0.4, 0.5) is 33.7 Å². The van der Waals surface area contributed by atoms with E-state index in [1.807, 2.05) is 0 Å². The van der Waals surface area contributed by atoms with Crippen molar-refractivity contribution in [3.63, 3.8) is 0 Å². The second-order valence-electron chi connectivity index (χ2n) is 6.62. The molecule has 2 aromatic rings. The second kappa shape index (κ2) is 6.86. The molecule has 3 N–H and O–H groups in total. The number of rotatable bonds is 2. The quantitative estimate of drug-likeness (QED) is 0.546. The Bertz CT molecular complexity index is 827. The standard InChI is InChI=1S/C18H18F4N2O2/c1-17(2,3)26-16(25)24-15-7-4-10(8-14(15)23)12-6-5-11(9-13(12)19)18(20,21)22/h4-9H,23H2,1-3H3,(H,24,25). The van der Waals surface area contributed by atoms with E-state index in [9.17, 15) is 22.4 Å². The summed E-state index contributed by atoms with van der Waals surface area (Å²) in [5, 5.41) is 2.46. The van der Waals surface area contributed by atoms with E-state index < -0.39 is 29.3 Å². The average molecular weight is 370 g/mol. The molecule has 0 saturated heterocycles. The van der Waals surface area contributed by atoms with Gasteiger partial charge in [-0.15, -0.1) is 0 Å². The average Bonchev–Trinajstić information content (AvgIpc) is 2.46. The molecule has 0 unspecified atom stereocenters. The van der Waals surface area contributed by atoms with Gasteiger partial charge in [0.2, 0.25) is 0 Å². The van der Waals surface area contributed by atoms with Gasteiger partial charge in [0.15, 0.2) is 0 Å². The number of nitrogens with two attached hydrogens (primary N) is 1. The first-order chi connectivity index (χ1) is 11.9. The predicted molar refractivity (Wildman–Crippen MR) is 91.1 cm³/mol. The molecule has 4 nitrogen and oxygen atoms in total. The van der Waals surface area contributed by atoms with Crippen LogP contribution >= 0.6 is 0 Å². The number of anilines is 2. The number of carbonyl (C=O) groups excluding carboxylic acids is 1. The van der Waals surface area contributed by atoms with Crippen molar-refractivity contribution in [2.24, 2.45) is 0 Å². The SMILES string of the molecule is CC(C)(C)OC(=O)Nc1ccc(-c2ccc(C(F)(F)F)cc2F)cc1N. The van der Waals surface area contributed by atoms with Crippen LogP contribution in [0.25, 0.3) is 11.1 Å². The maximum absolute atomic E-state index is 14.1. The number of nitrogens with one attached hydrogen (secondary N) is 1. The molecular formula is C18H18F4N2O2. The van der Waals surface area contributed by atoms with Crippen LogP contribution in [0.1, 0.15) is 26.3 Å². The minimum absolute atomic E-state index is 0.0338. The maximum atomic E-state index is 14.1. The summed E-state index contributed by atoms with van der Waals surface area (Å²) in [5.74, 6) is -1.02. The van der Waals surface area contributed by atoms with Crippen molar-refractivity contribution in [3.8, 4) is 11.1 Å². The largest absolute Gasteiger partial charge is 0.444 e. The van der Waals surface area contributed by atoms with Crippen molar-refractivity contribution in [2.45, 2.75) is 32.5 Å². The monoisotopic (exact) mass is 370 g/mol. The normalized spacial score (nSPS) is 12.0. The van der Waals surface area contributed by atoms with Gasteiger partial charge in [-0.1, -0.05) is 12.1 Å². The molecule has 0 saturated carbocycles. The van der Waals surface area contributed by atoms with Gasteiger partial charge < -0.3 is 10.5 Å². The van der Waals surface area contributed by atoms with Gasteiger partial charge in [0.25, 0.3) is 0 Å². The maximum Gasteiger partial charge on any atom is 0.416 e. The number of halogens is 4. The van der Waals surface area contributed by atoms with Crippen molar-refractivity contribution >= 4 is 17.5 Å². The van der Waals surface area contributed by atoms with E-state index in [4.69, 9.17) is 10.5 Å². The van der Waals surface area contributed by atoms with Gasteiger partial charge in [-0.25, -0.2) is 9.18 Å². The summed E-state index contributed by atoms with van der Waals surface area (Å²) in [6.45, 7) is 5.10. The van der Waals surface area contributed by atoms with Crippen molar-refractivity contribution in [1.29, 1.82) is 0 Å². The highest BCUT2D eigenvalue weighted by atomic mass is 19.4. The molecule has 0 aliphatic carbocycles. The smallest absolute Gasteiger partial charge is 0.416 e. The van der Waals surface area contributed by atoms with Crippen molar-refractivity contribution < 1.29 is 27.1 Å². The van der Waals surface area contributed by atoms with E-state index in [1.54, 1.807) is 20.8 Å². The molecule has 0 spiro atoms. The third-order valence-corrected chi connectivity index (χ3v) is 3.29. The minimum Gasteiger partial charge on any atom is -0.444 e. The Morgan fingerprint density at radius 1 is 1.08 bits per heavy atom. The number of hydrogen-bond acceptors (Lipinski definition) is 3. The number of hydrogen-bond donors (Lipinski definition) is 2. The molecule has 0 aliphatic rings. The highest BCUT2D eigenvalue weighted by Crippen LogP contribution is 2.34. The highest BCUT2D eigenvalue weighted by molar-refractivity contribution is 5.90. The molecule has 0 atom stereocenters. The predicted octanol–water partition coefficient (Wildman–Crippen LogP) is 5.44. The molecule has 140 valence electrons. The molecule has 0 radical (unpaired) electrons. The van der Waals surface area contributed by atoms with E-state index in [1.165, 1.54) is 18.2 Å². The second-order valence-corrected chi connectivity index (χ2v) is 6.62. The van der Waals surface area contributed by atoms with E-state index >= 15 is 0 Å². The first-order valence-electron chi connectivity index (χ1n) is 7.63. The zero-order chi connectivity index (χ0) is 19.7. The van der Waals surface area contributed by atoms with Crippen LogP contribution < -0.4 is 11.1 Å². The van der Waals surface area contributed by atoms with Gasteiger partial charge in [0, 0.05) is 5.56 Å². The molecule has 0 bridgehead atoms. The fourth-order valence-corrected chi connectivity index (χ4v) is 2.18. The Labute approximate surface area is 148 Å². The molecule has 2 aromatic carbocycles. The van der Waals surface area contributed by atoms with Crippen LogP contribution in [0, 0.1) is 5.82 Å². The lowest BCUT2D eigenvalue weighted by atomic mass is 10.0. The molecule has 0 aromatic heterocycles. The van der Waals surface area contributed by atoms with Crippen molar-refractivity contribution in [3.05, 3.63) is 47.8 Å². The summed E-state index contributed by atoms with van der Waals surface area (Å²) in [7, 11) is 0. The van der Waals surface area contributed by atoms with Crippen molar-refractivity contribution in [2.75, 3.05) is 11.1 Å². The van der Waals surface area contributed by atoms with Gasteiger partial charge in [-0.2, -0.15) is 13.2 Å². The van der Waals surface area contributed by atoms with E-state index in [0.29, 0.717) is 6.07 Å². The molecule has 0 aliphatic heterocycles. The lowest BCUT2D eigenvalue weighted by Gasteiger charge is -2.20. The van der Waals surface area contributed by atoms with Gasteiger partial charge in [-0.3, -0.25) is 5.32 Å². The third-order valence-electron chi connectivity index (χ3n) is 3.29. The van der Waals surface area contributed by atoms with Gasteiger partial charge in [0.05, 0.1) is 16.9 Å². The summed E-state index contributed by atoms with van der Waals surface area (Å²) >= 11 is 0. The first kappa shape index (κ1) is 19.6. The summed E-state index contributed by atoms with van der Waals surface area (Å²) in [5.41, 5.74) is 4.69. The summed E-state index contributed by atoms with van der Waals surface area (Å²) in [6.07, 6.45) is -5.34. The van der Waals surface area contributed by atoms with Crippen LogP contribution in [0.2, 0.25) is 0 Å². The zero-order valence-electron chi connectivity index (χ0n) is 14.4. The van der Waals surface area contributed by atoms with Crippen LogP contribution in [0.3, 0.4) is 0 Å². The fourth-order valence-electron chi connectivity index (χ4n) is 2.18. The van der Waals surface area contributed by atoms with E-state index in [2.05, 4.69) is 5.32 Å². The molecule has 0 fully saturated rings. The Morgan fingerprint density at radius 3 is 2.23 bits per heavy atom. The third kappa shape index (κ3) is 4.87. The molecule has 2 rings (SSSR count). The topological polar surface area (TPSA) is 64.3 Å². The number of amides is 1. The highest BCUT2D eigenvalue weighted by Gasteiger charge is 2.31. The zero-order valence-corrected chi connectivity index (χ0v) is 14.4. The van der Waals surface area contributed by atoms with Gasteiger partial charge in [-0.05, 0) is 50.6 Å². The molecule has 1 amide bonds. The Balaban J connectivity index is 2.26. The first-order valence-corrected chi connectivity index (χ1v) is 7.63. The van der Waals surface area contributed by atoms with Crippen LogP contribution in [-0.4, -0.2) is 11.7 Å². The number of ether oxygens (including phenoxy) is 1. The molecule has 8 heteroatoms. The van der Waals surface area contributed by atoms with E-state index in [0.717, 1.165) is 12.1 Å². The lowest BCUT2D eigenvalue weighted by Crippen LogP contribution is -2.27. The van der Waals surface area contributed by atoms with E-state index in [-0.39, 0.29) is 22.5 Å². The molecule has 26 heavy (non-hydrogen) atoms.